The lowest BCUT2D eigenvalue weighted by Crippen LogP contribution is -2.28. The van der Waals surface area contributed by atoms with E-state index in [1.54, 1.807) is 6.92 Å². The second kappa shape index (κ2) is 10.2. The van der Waals surface area contributed by atoms with Gasteiger partial charge in [-0.05, 0) is 25.3 Å². The van der Waals surface area contributed by atoms with E-state index < -0.39 is 0 Å². The smallest absolute Gasteiger partial charge is 0.220 e. The van der Waals surface area contributed by atoms with Gasteiger partial charge < -0.3 is 10.1 Å². The molecule has 2 atom stereocenters. The summed E-state index contributed by atoms with van der Waals surface area (Å²) in [7, 11) is 0. The molecule has 20 heavy (non-hydrogen) atoms. The molecule has 0 saturated carbocycles. The van der Waals surface area contributed by atoms with Crippen molar-refractivity contribution in [2.24, 2.45) is 5.92 Å². The largest absolute Gasteiger partial charge is 0.350 e. The zero-order chi connectivity index (χ0) is 15.5. The molecular formula is C17H27NO2. The Morgan fingerprint density at radius 1 is 1.05 bits per heavy atom. The van der Waals surface area contributed by atoms with Gasteiger partial charge in [-0.2, -0.15) is 0 Å². The third-order valence-electron chi connectivity index (χ3n) is 2.85. The Kier molecular flexibility index (Phi) is 9.35. The lowest BCUT2D eigenvalue weighted by atomic mass is 10.0. The van der Waals surface area contributed by atoms with E-state index in [-0.39, 0.29) is 23.7 Å². The Balaban J connectivity index is 0.00000172. The predicted octanol–water partition coefficient (Wildman–Crippen LogP) is 3.90. The molecule has 1 aromatic carbocycles. The third-order valence-corrected chi connectivity index (χ3v) is 2.85. The molecule has 3 nitrogen and oxygen atoms in total. The van der Waals surface area contributed by atoms with Crippen LogP contribution in [0.5, 0.6) is 0 Å². The SMILES string of the molecule is CC.CC(=O)CC(C)CC(=O)N[C@@H](C)c1ccccc1. The highest BCUT2D eigenvalue weighted by Crippen LogP contribution is 2.13. The van der Waals surface area contributed by atoms with E-state index in [4.69, 9.17) is 0 Å². The van der Waals surface area contributed by atoms with Crippen molar-refractivity contribution in [3.05, 3.63) is 35.9 Å². The molecular weight excluding hydrogens is 250 g/mol. The monoisotopic (exact) mass is 277 g/mol. The number of benzene rings is 1. The van der Waals surface area contributed by atoms with Gasteiger partial charge >= 0.3 is 0 Å². The van der Waals surface area contributed by atoms with E-state index in [0.717, 1.165) is 5.56 Å². The average molecular weight is 277 g/mol. The fourth-order valence-electron chi connectivity index (χ4n) is 2.00. The number of carbonyl (C=O) groups excluding carboxylic acids is 2. The van der Waals surface area contributed by atoms with Crippen molar-refractivity contribution in [1.29, 1.82) is 0 Å². The van der Waals surface area contributed by atoms with Gasteiger partial charge in [-0.15, -0.1) is 0 Å². The fourth-order valence-corrected chi connectivity index (χ4v) is 2.00. The third kappa shape index (κ3) is 7.72. The summed E-state index contributed by atoms with van der Waals surface area (Å²) in [6.07, 6.45) is 0.865. The lowest BCUT2D eigenvalue weighted by Gasteiger charge is -2.16. The second-order valence-corrected chi connectivity index (χ2v) is 4.92. The van der Waals surface area contributed by atoms with E-state index in [0.29, 0.717) is 12.8 Å². The summed E-state index contributed by atoms with van der Waals surface area (Å²) in [6, 6.07) is 9.84. The Morgan fingerprint density at radius 2 is 1.60 bits per heavy atom. The van der Waals surface area contributed by atoms with Gasteiger partial charge in [0.2, 0.25) is 5.91 Å². The van der Waals surface area contributed by atoms with Gasteiger partial charge in [-0.25, -0.2) is 0 Å². The van der Waals surface area contributed by atoms with E-state index in [2.05, 4.69) is 5.32 Å². The Bertz CT molecular complexity index is 401. The van der Waals surface area contributed by atoms with Crippen LogP contribution >= 0.6 is 0 Å². The first kappa shape index (κ1) is 18.4. The van der Waals surface area contributed by atoms with E-state index in [1.165, 1.54) is 0 Å². The first-order chi connectivity index (χ1) is 9.49. The molecule has 112 valence electrons. The number of Topliss-reactive ketones (excluding diaryl/α,β-unsaturated/α-hetero) is 1. The minimum absolute atomic E-state index is 0.0000954. The molecule has 1 aromatic rings. The van der Waals surface area contributed by atoms with Crippen molar-refractivity contribution in [3.8, 4) is 0 Å². The molecule has 0 aliphatic rings. The molecule has 1 amide bonds. The summed E-state index contributed by atoms with van der Waals surface area (Å²) >= 11 is 0. The number of carbonyl (C=O) groups is 2. The Morgan fingerprint density at radius 3 is 2.10 bits per heavy atom. The van der Waals surface area contributed by atoms with E-state index in [1.807, 2.05) is 58.0 Å². The van der Waals surface area contributed by atoms with Gasteiger partial charge in [-0.1, -0.05) is 51.1 Å². The summed E-state index contributed by atoms with van der Waals surface area (Å²) < 4.78 is 0. The highest BCUT2D eigenvalue weighted by molar-refractivity contribution is 5.79. The Hall–Kier alpha value is -1.64. The van der Waals surface area contributed by atoms with Crippen molar-refractivity contribution in [3.63, 3.8) is 0 Å². The van der Waals surface area contributed by atoms with Crippen molar-refractivity contribution in [2.75, 3.05) is 0 Å². The van der Waals surface area contributed by atoms with Gasteiger partial charge in [-0.3, -0.25) is 4.79 Å². The first-order valence-corrected chi connectivity index (χ1v) is 7.32. The van der Waals surface area contributed by atoms with E-state index in [9.17, 15) is 9.59 Å². The summed E-state index contributed by atoms with van der Waals surface area (Å²) in [5.74, 6) is 0.233. The molecule has 0 fully saturated rings. The van der Waals surface area contributed by atoms with Gasteiger partial charge in [0.15, 0.2) is 0 Å². The molecule has 0 spiro atoms. The fraction of sp³-hybridized carbons (Fsp3) is 0.529. The normalized spacial score (nSPS) is 12.7. The molecule has 0 saturated heterocycles. The maximum Gasteiger partial charge on any atom is 0.220 e. The molecule has 0 bridgehead atoms. The minimum atomic E-state index is 0.0000954. The quantitative estimate of drug-likeness (QED) is 0.857. The zero-order valence-corrected chi connectivity index (χ0v) is 13.3. The first-order valence-electron chi connectivity index (χ1n) is 7.32. The number of hydrogen-bond acceptors (Lipinski definition) is 2. The van der Waals surface area contributed by atoms with Crippen LogP contribution in [0.15, 0.2) is 30.3 Å². The van der Waals surface area contributed by atoms with Crippen LogP contribution in [0.3, 0.4) is 0 Å². The summed E-state index contributed by atoms with van der Waals surface area (Å²) in [4.78, 5) is 22.7. The molecule has 3 heteroatoms. The minimum Gasteiger partial charge on any atom is -0.350 e. The highest BCUT2D eigenvalue weighted by atomic mass is 16.1. The molecule has 0 aromatic heterocycles. The number of ketones is 1. The van der Waals surface area contributed by atoms with Gasteiger partial charge in [0.25, 0.3) is 0 Å². The maximum absolute atomic E-state index is 11.8. The van der Waals surface area contributed by atoms with Crippen molar-refractivity contribution in [1.82, 2.24) is 5.32 Å². The molecule has 1 unspecified atom stereocenters. The van der Waals surface area contributed by atoms with Crippen molar-refractivity contribution in [2.45, 2.75) is 53.5 Å². The van der Waals surface area contributed by atoms with Crippen LogP contribution in [0.25, 0.3) is 0 Å². The zero-order valence-electron chi connectivity index (χ0n) is 13.3. The molecule has 1 N–H and O–H groups in total. The van der Waals surface area contributed by atoms with Crippen LogP contribution in [0.1, 0.15) is 59.1 Å². The van der Waals surface area contributed by atoms with Gasteiger partial charge in [0, 0.05) is 12.8 Å². The summed E-state index contributed by atoms with van der Waals surface area (Å²) in [5.41, 5.74) is 1.09. The number of rotatable bonds is 6. The van der Waals surface area contributed by atoms with Crippen molar-refractivity contribution < 1.29 is 9.59 Å². The predicted molar refractivity (Wildman–Crippen MR) is 83.4 cm³/mol. The van der Waals surface area contributed by atoms with E-state index >= 15 is 0 Å². The molecule has 0 aliphatic heterocycles. The lowest BCUT2D eigenvalue weighted by molar-refractivity contribution is -0.123. The molecule has 0 heterocycles. The van der Waals surface area contributed by atoms with Crippen LogP contribution in [-0.4, -0.2) is 11.7 Å². The van der Waals surface area contributed by atoms with Gasteiger partial charge in [0.05, 0.1) is 6.04 Å². The maximum atomic E-state index is 11.8. The second-order valence-electron chi connectivity index (χ2n) is 4.92. The highest BCUT2D eigenvalue weighted by Gasteiger charge is 2.13. The van der Waals surface area contributed by atoms with Crippen molar-refractivity contribution >= 4 is 11.7 Å². The van der Waals surface area contributed by atoms with Crippen LogP contribution in [0.2, 0.25) is 0 Å². The molecule has 0 aliphatic carbocycles. The molecule has 0 radical (unpaired) electrons. The topological polar surface area (TPSA) is 46.2 Å². The Labute approximate surface area is 122 Å². The molecule has 1 rings (SSSR count). The number of amides is 1. The average Bonchev–Trinajstić information content (AvgIpc) is 2.40. The van der Waals surface area contributed by atoms with Crippen LogP contribution < -0.4 is 5.32 Å². The van der Waals surface area contributed by atoms with Crippen LogP contribution in [0, 0.1) is 5.92 Å². The summed E-state index contributed by atoms with van der Waals surface area (Å²) in [5, 5.41) is 2.95. The van der Waals surface area contributed by atoms with Crippen LogP contribution in [0.4, 0.5) is 0 Å². The van der Waals surface area contributed by atoms with Gasteiger partial charge in [0.1, 0.15) is 5.78 Å². The standard InChI is InChI=1S/C15H21NO2.C2H6/c1-11(9-12(2)17)10-15(18)16-13(3)14-7-5-4-6-8-14;1-2/h4-8,11,13H,9-10H2,1-3H3,(H,16,18);1-2H3/t11?,13-;/m0./s1. The van der Waals surface area contributed by atoms with Crippen LogP contribution in [-0.2, 0) is 9.59 Å². The number of nitrogens with one attached hydrogen (secondary N) is 1. The number of hydrogen-bond donors (Lipinski definition) is 1. The summed E-state index contributed by atoms with van der Waals surface area (Å²) in [6.45, 7) is 9.44.